The van der Waals surface area contributed by atoms with E-state index >= 15 is 0 Å². The maximum Gasteiger partial charge on any atom is 0.0329 e. The summed E-state index contributed by atoms with van der Waals surface area (Å²) in [6, 6.07) is 0. The molecule has 2 rings (SSSR count). The summed E-state index contributed by atoms with van der Waals surface area (Å²) in [5.41, 5.74) is 3.77. The standard InChI is InChI=1S/C8H16N2/c1-8-4-3-7(5-8)6-10(8)9-2/h7,9H,3-6H2,1-2H3. The Kier molecular flexibility index (Phi) is 1.29. The van der Waals surface area contributed by atoms with Gasteiger partial charge in [-0.1, -0.05) is 0 Å². The second-order valence-electron chi connectivity index (χ2n) is 3.94. The Balaban J connectivity index is 2.14. The predicted molar refractivity (Wildman–Crippen MR) is 41.5 cm³/mol. The molecule has 0 amide bonds. The van der Waals surface area contributed by atoms with Crippen LogP contribution in [0.5, 0.6) is 0 Å². The maximum atomic E-state index is 3.27. The molecule has 0 aromatic heterocycles. The lowest BCUT2D eigenvalue weighted by Crippen LogP contribution is -2.48. The Morgan fingerprint density at radius 2 is 2.40 bits per heavy atom. The topological polar surface area (TPSA) is 15.3 Å². The van der Waals surface area contributed by atoms with E-state index in [0.717, 1.165) is 5.92 Å². The van der Waals surface area contributed by atoms with Crippen LogP contribution in [-0.4, -0.2) is 24.1 Å². The predicted octanol–water partition coefficient (Wildman–Crippen LogP) is 0.995. The molecule has 1 aliphatic carbocycles. The number of nitrogens with one attached hydrogen (secondary N) is 1. The third-order valence-electron chi connectivity index (χ3n) is 3.18. The molecule has 0 radical (unpaired) electrons. The average molecular weight is 140 g/mol. The van der Waals surface area contributed by atoms with Crippen molar-refractivity contribution >= 4 is 0 Å². The molecule has 0 aromatic carbocycles. The van der Waals surface area contributed by atoms with E-state index in [1.807, 2.05) is 7.05 Å². The van der Waals surface area contributed by atoms with Crippen molar-refractivity contribution < 1.29 is 0 Å². The van der Waals surface area contributed by atoms with Crippen molar-refractivity contribution in [2.45, 2.75) is 31.7 Å². The Bertz CT molecular complexity index is 146. The van der Waals surface area contributed by atoms with Gasteiger partial charge >= 0.3 is 0 Å². The zero-order chi connectivity index (χ0) is 7.19. The van der Waals surface area contributed by atoms with Crippen LogP contribution in [0.3, 0.4) is 0 Å². The highest BCUT2D eigenvalue weighted by molar-refractivity contribution is 5.00. The molecule has 2 bridgehead atoms. The third kappa shape index (κ3) is 0.722. The van der Waals surface area contributed by atoms with Crippen molar-refractivity contribution in [3.05, 3.63) is 0 Å². The van der Waals surface area contributed by atoms with Crippen LogP contribution < -0.4 is 5.43 Å². The van der Waals surface area contributed by atoms with Crippen LogP contribution >= 0.6 is 0 Å². The van der Waals surface area contributed by atoms with Crippen molar-refractivity contribution in [2.24, 2.45) is 5.92 Å². The molecule has 2 nitrogen and oxygen atoms in total. The summed E-state index contributed by atoms with van der Waals surface area (Å²) in [5, 5.41) is 2.40. The molecule has 2 unspecified atom stereocenters. The first kappa shape index (κ1) is 6.62. The van der Waals surface area contributed by atoms with Gasteiger partial charge < -0.3 is 0 Å². The van der Waals surface area contributed by atoms with Gasteiger partial charge in [0.2, 0.25) is 0 Å². The lowest BCUT2D eigenvalue weighted by molar-refractivity contribution is 0.0830. The molecular formula is C8H16N2. The lowest BCUT2D eigenvalue weighted by Gasteiger charge is -2.34. The number of rotatable bonds is 1. The van der Waals surface area contributed by atoms with Gasteiger partial charge in [-0.05, 0) is 39.2 Å². The number of nitrogens with zero attached hydrogens (tertiary/aromatic N) is 1. The third-order valence-corrected chi connectivity index (χ3v) is 3.18. The van der Waals surface area contributed by atoms with Crippen LogP contribution in [0.2, 0.25) is 0 Å². The van der Waals surface area contributed by atoms with Crippen molar-refractivity contribution in [3.63, 3.8) is 0 Å². The molecule has 10 heavy (non-hydrogen) atoms. The van der Waals surface area contributed by atoms with Crippen molar-refractivity contribution in [1.82, 2.24) is 10.4 Å². The highest BCUT2D eigenvalue weighted by Crippen LogP contribution is 2.44. The van der Waals surface area contributed by atoms with E-state index in [-0.39, 0.29) is 0 Å². The minimum Gasteiger partial charge on any atom is -0.258 e. The summed E-state index contributed by atoms with van der Waals surface area (Å²) in [5.74, 6) is 0.984. The number of hydrogen-bond acceptors (Lipinski definition) is 2. The molecule has 1 aliphatic heterocycles. The Morgan fingerprint density at radius 3 is 2.70 bits per heavy atom. The van der Waals surface area contributed by atoms with Crippen LogP contribution in [0, 0.1) is 5.92 Å². The van der Waals surface area contributed by atoms with Gasteiger partial charge in [0.05, 0.1) is 0 Å². The van der Waals surface area contributed by atoms with E-state index in [9.17, 15) is 0 Å². The highest BCUT2D eigenvalue weighted by Gasteiger charge is 2.46. The van der Waals surface area contributed by atoms with Crippen LogP contribution in [0.4, 0.5) is 0 Å². The highest BCUT2D eigenvalue weighted by atomic mass is 15.5. The van der Waals surface area contributed by atoms with Crippen LogP contribution in [-0.2, 0) is 0 Å². The molecule has 2 aliphatic rings. The molecule has 2 heteroatoms. The molecule has 2 atom stereocenters. The monoisotopic (exact) mass is 140 g/mol. The molecule has 1 heterocycles. The number of hydrazine groups is 1. The van der Waals surface area contributed by atoms with Gasteiger partial charge in [0.15, 0.2) is 0 Å². The van der Waals surface area contributed by atoms with Crippen LogP contribution in [0.25, 0.3) is 0 Å². The number of piperidine rings is 1. The molecule has 1 N–H and O–H groups in total. The van der Waals surface area contributed by atoms with Crippen LogP contribution in [0.15, 0.2) is 0 Å². The molecular weight excluding hydrogens is 124 g/mol. The van der Waals surface area contributed by atoms with Crippen molar-refractivity contribution in [2.75, 3.05) is 13.6 Å². The molecule has 1 saturated carbocycles. The van der Waals surface area contributed by atoms with Crippen LogP contribution in [0.1, 0.15) is 26.2 Å². The normalized spacial score (nSPS) is 46.8. The fourth-order valence-electron chi connectivity index (χ4n) is 2.58. The second-order valence-corrected chi connectivity index (χ2v) is 3.94. The second kappa shape index (κ2) is 1.95. The fraction of sp³-hybridized carbons (Fsp3) is 1.00. The first-order valence-electron chi connectivity index (χ1n) is 4.20. The van der Waals surface area contributed by atoms with Gasteiger partial charge in [0.25, 0.3) is 0 Å². The van der Waals surface area contributed by atoms with E-state index in [2.05, 4.69) is 17.4 Å². The van der Waals surface area contributed by atoms with Gasteiger partial charge in [-0.25, -0.2) is 5.01 Å². The minimum absolute atomic E-state index is 0.499. The van der Waals surface area contributed by atoms with E-state index in [4.69, 9.17) is 0 Å². The quantitative estimate of drug-likeness (QED) is 0.584. The van der Waals surface area contributed by atoms with Crippen molar-refractivity contribution in [1.29, 1.82) is 0 Å². The zero-order valence-corrected chi connectivity index (χ0v) is 6.85. The summed E-state index contributed by atoms with van der Waals surface area (Å²) in [6.07, 6.45) is 4.25. The Morgan fingerprint density at radius 1 is 1.60 bits per heavy atom. The fourth-order valence-corrected chi connectivity index (χ4v) is 2.58. The lowest BCUT2D eigenvalue weighted by atomic mass is 10.0. The summed E-state index contributed by atoms with van der Waals surface area (Å²) in [6.45, 7) is 3.64. The van der Waals surface area contributed by atoms with E-state index in [0.29, 0.717) is 5.54 Å². The van der Waals surface area contributed by atoms with Gasteiger partial charge in [0, 0.05) is 12.1 Å². The van der Waals surface area contributed by atoms with Gasteiger partial charge in [0.1, 0.15) is 0 Å². The molecule has 1 saturated heterocycles. The summed E-state index contributed by atoms with van der Waals surface area (Å²) in [4.78, 5) is 0. The SMILES string of the molecule is CNN1CC2CCC1(C)C2. The van der Waals surface area contributed by atoms with Gasteiger partial charge in [-0.2, -0.15) is 0 Å². The average Bonchev–Trinajstić information content (AvgIpc) is 2.41. The molecule has 0 aromatic rings. The van der Waals surface area contributed by atoms with Gasteiger partial charge in [-0.15, -0.1) is 0 Å². The Hall–Kier alpha value is -0.0800. The Labute approximate surface area is 62.6 Å². The van der Waals surface area contributed by atoms with E-state index in [1.54, 1.807) is 0 Å². The maximum absolute atomic E-state index is 3.27. The number of fused-ring (bicyclic) bond motifs is 2. The smallest absolute Gasteiger partial charge is 0.0329 e. The summed E-state index contributed by atoms with van der Waals surface area (Å²) in [7, 11) is 2.03. The largest absolute Gasteiger partial charge is 0.258 e. The minimum atomic E-state index is 0.499. The van der Waals surface area contributed by atoms with E-state index in [1.165, 1.54) is 25.8 Å². The van der Waals surface area contributed by atoms with Crippen molar-refractivity contribution in [3.8, 4) is 0 Å². The number of hydrogen-bond donors (Lipinski definition) is 1. The zero-order valence-electron chi connectivity index (χ0n) is 6.85. The molecule has 0 spiro atoms. The summed E-state index contributed by atoms with van der Waals surface area (Å²) >= 11 is 0. The first-order valence-corrected chi connectivity index (χ1v) is 4.20. The molecule has 2 fully saturated rings. The van der Waals surface area contributed by atoms with E-state index < -0.39 is 0 Å². The first-order chi connectivity index (χ1) is 4.74. The van der Waals surface area contributed by atoms with Gasteiger partial charge in [-0.3, -0.25) is 5.43 Å². The summed E-state index contributed by atoms with van der Waals surface area (Å²) < 4.78 is 0. The molecule has 58 valence electrons.